The summed E-state index contributed by atoms with van der Waals surface area (Å²) in [6.07, 6.45) is 4.19. The summed E-state index contributed by atoms with van der Waals surface area (Å²) in [5, 5.41) is 9.46. The number of hydrogen-bond donors (Lipinski definition) is 1. The highest BCUT2D eigenvalue weighted by molar-refractivity contribution is 5.24. The average Bonchev–Trinajstić information content (AvgIpc) is 1.81. The van der Waals surface area contributed by atoms with Crippen LogP contribution in [-0.4, -0.2) is 10.7 Å². The molecular formula is C8H11FO. The first kappa shape index (κ1) is 7.48. The molecule has 0 fully saturated rings. The van der Waals surface area contributed by atoms with Crippen molar-refractivity contribution in [3.63, 3.8) is 0 Å². The molecule has 0 spiro atoms. The largest absolute Gasteiger partial charge is 0.385 e. The third-order valence-electron chi connectivity index (χ3n) is 1.91. The predicted octanol–water partition coefficient (Wildman–Crippen LogP) is 1.80. The number of rotatable bonds is 0. The molecule has 1 rings (SSSR count). The molecule has 56 valence electrons. The van der Waals surface area contributed by atoms with Gasteiger partial charge in [-0.15, -0.1) is 0 Å². The van der Waals surface area contributed by atoms with Gasteiger partial charge in [-0.2, -0.15) is 0 Å². The molecule has 0 saturated heterocycles. The van der Waals surface area contributed by atoms with Gasteiger partial charge in [0.2, 0.25) is 0 Å². The number of hydrogen-bond acceptors (Lipinski definition) is 1. The number of aliphatic hydroxyl groups is 1. The van der Waals surface area contributed by atoms with Crippen molar-refractivity contribution in [1.82, 2.24) is 0 Å². The van der Waals surface area contributed by atoms with Crippen LogP contribution in [0.25, 0.3) is 0 Å². The van der Waals surface area contributed by atoms with Crippen molar-refractivity contribution in [1.29, 1.82) is 0 Å². The van der Waals surface area contributed by atoms with E-state index in [0.717, 1.165) is 0 Å². The summed E-state index contributed by atoms with van der Waals surface area (Å²) in [5.41, 5.74) is -0.879. The fourth-order valence-corrected chi connectivity index (χ4v) is 0.863. The summed E-state index contributed by atoms with van der Waals surface area (Å²) >= 11 is 0. The zero-order valence-electron chi connectivity index (χ0n) is 6.13. The van der Waals surface area contributed by atoms with E-state index in [-0.39, 0.29) is 11.7 Å². The van der Waals surface area contributed by atoms with Gasteiger partial charge in [-0.05, 0) is 25.2 Å². The van der Waals surface area contributed by atoms with Gasteiger partial charge >= 0.3 is 0 Å². The van der Waals surface area contributed by atoms with Crippen molar-refractivity contribution < 1.29 is 9.50 Å². The van der Waals surface area contributed by atoms with Crippen molar-refractivity contribution in [2.24, 2.45) is 5.92 Å². The molecule has 0 saturated carbocycles. The quantitative estimate of drug-likeness (QED) is 0.546. The van der Waals surface area contributed by atoms with E-state index in [1.54, 1.807) is 13.8 Å². The van der Waals surface area contributed by atoms with E-state index in [2.05, 4.69) is 0 Å². The molecule has 1 N–H and O–H groups in total. The molecule has 1 nitrogen and oxygen atoms in total. The summed E-state index contributed by atoms with van der Waals surface area (Å²) in [4.78, 5) is 0. The molecule has 0 heterocycles. The van der Waals surface area contributed by atoms with Crippen LogP contribution in [0, 0.1) is 5.92 Å². The fourth-order valence-electron chi connectivity index (χ4n) is 0.863. The Balaban J connectivity index is 2.84. The second kappa shape index (κ2) is 2.20. The van der Waals surface area contributed by atoms with Gasteiger partial charge in [-0.3, -0.25) is 0 Å². The van der Waals surface area contributed by atoms with Gasteiger partial charge in [0.15, 0.2) is 0 Å². The van der Waals surface area contributed by atoms with Gasteiger partial charge in [0.25, 0.3) is 0 Å². The molecule has 0 bridgehead atoms. The molecule has 2 heteroatoms. The van der Waals surface area contributed by atoms with Crippen LogP contribution in [0.4, 0.5) is 4.39 Å². The first-order valence-corrected chi connectivity index (χ1v) is 3.31. The number of allylic oxidation sites excluding steroid dienone is 2. The molecule has 0 radical (unpaired) electrons. The van der Waals surface area contributed by atoms with Gasteiger partial charge < -0.3 is 5.11 Å². The second-order valence-corrected chi connectivity index (χ2v) is 2.90. The van der Waals surface area contributed by atoms with Crippen LogP contribution in [0.5, 0.6) is 0 Å². The fraction of sp³-hybridized carbons (Fsp3) is 0.500. The lowest BCUT2D eigenvalue weighted by Crippen LogP contribution is -2.30. The van der Waals surface area contributed by atoms with Crippen molar-refractivity contribution in [3.05, 3.63) is 24.1 Å². The maximum atomic E-state index is 12.4. The maximum Gasteiger partial charge on any atom is 0.119 e. The molecule has 0 amide bonds. The first-order chi connectivity index (χ1) is 4.52. The van der Waals surface area contributed by atoms with Crippen LogP contribution < -0.4 is 0 Å². The van der Waals surface area contributed by atoms with E-state index in [9.17, 15) is 9.50 Å². The minimum absolute atomic E-state index is 0.141. The summed E-state index contributed by atoms with van der Waals surface area (Å²) in [7, 11) is 0. The Morgan fingerprint density at radius 2 is 2.30 bits per heavy atom. The Morgan fingerprint density at radius 1 is 1.70 bits per heavy atom. The summed E-state index contributed by atoms with van der Waals surface area (Å²) in [6, 6.07) is 0. The standard InChI is InChI=1S/C8H11FO/c1-6-5-7(9)3-4-8(6,2)10/h3-6,10H,1-2H3. The zero-order valence-corrected chi connectivity index (χ0v) is 6.13. The van der Waals surface area contributed by atoms with Crippen LogP contribution >= 0.6 is 0 Å². The topological polar surface area (TPSA) is 20.2 Å². The Bertz CT molecular complexity index is 191. The highest BCUT2D eigenvalue weighted by Crippen LogP contribution is 2.26. The minimum Gasteiger partial charge on any atom is -0.385 e. The third kappa shape index (κ3) is 1.27. The van der Waals surface area contributed by atoms with Gasteiger partial charge in [0.05, 0.1) is 5.60 Å². The van der Waals surface area contributed by atoms with Gasteiger partial charge in [0.1, 0.15) is 5.83 Å². The minimum atomic E-state index is -0.879. The van der Waals surface area contributed by atoms with Crippen molar-refractivity contribution in [2.45, 2.75) is 19.4 Å². The van der Waals surface area contributed by atoms with Gasteiger partial charge in [-0.1, -0.05) is 6.92 Å². The Morgan fingerprint density at radius 3 is 2.70 bits per heavy atom. The third-order valence-corrected chi connectivity index (χ3v) is 1.91. The molecule has 10 heavy (non-hydrogen) atoms. The van der Waals surface area contributed by atoms with E-state index < -0.39 is 5.60 Å². The monoisotopic (exact) mass is 142 g/mol. The summed E-state index contributed by atoms with van der Waals surface area (Å²) in [6.45, 7) is 3.44. The lowest BCUT2D eigenvalue weighted by Gasteiger charge is -2.26. The molecular weight excluding hydrogens is 131 g/mol. The van der Waals surface area contributed by atoms with E-state index in [0.29, 0.717) is 0 Å². The lowest BCUT2D eigenvalue weighted by atomic mass is 9.87. The molecule has 0 aromatic rings. The molecule has 0 aromatic heterocycles. The van der Waals surface area contributed by atoms with Crippen molar-refractivity contribution >= 4 is 0 Å². The lowest BCUT2D eigenvalue weighted by molar-refractivity contribution is 0.0714. The molecule has 2 unspecified atom stereocenters. The SMILES string of the molecule is CC1C=C(F)C=CC1(C)O. The van der Waals surface area contributed by atoms with E-state index in [1.807, 2.05) is 0 Å². The molecule has 1 aliphatic rings. The first-order valence-electron chi connectivity index (χ1n) is 3.31. The van der Waals surface area contributed by atoms with Crippen molar-refractivity contribution in [3.8, 4) is 0 Å². The summed E-state index contributed by atoms with van der Waals surface area (Å²) in [5.74, 6) is -0.406. The second-order valence-electron chi connectivity index (χ2n) is 2.90. The highest BCUT2D eigenvalue weighted by atomic mass is 19.1. The van der Waals surface area contributed by atoms with E-state index in [1.165, 1.54) is 18.2 Å². The van der Waals surface area contributed by atoms with Crippen LogP contribution in [0.3, 0.4) is 0 Å². The smallest absolute Gasteiger partial charge is 0.119 e. The van der Waals surface area contributed by atoms with Gasteiger partial charge in [-0.25, -0.2) is 4.39 Å². The molecule has 0 aliphatic heterocycles. The zero-order chi connectivity index (χ0) is 7.78. The normalized spacial score (nSPS) is 39.6. The van der Waals surface area contributed by atoms with E-state index >= 15 is 0 Å². The van der Waals surface area contributed by atoms with Crippen LogP contribution in [0.1, 0.15) is 13.8 Å². The maximum absolute atomic E-state index is 12.4. The van der Waals surface area contributed by atoms with Crippen LogP contribution in [0.2, 0.25) is 0 Å². The molecule has 0 aromatic carbocycles. The number of halogens is 1. The Kier molecular flexibility index (Phi) is 1.65. The highest BCUT2D eigenvalue weighted by Gasteiger charge is 2.26. The van der Waals surface area contributed by atoms with Gasteiger partial charge in [0, 0.05) is 5.92 Å². The molecule has 1 aliphatic carbocycles. The van der Waals surface area contributed by atoms with Crippen LogP contribution in [-0.2, 0) is 0 Å². The average molecular weight is 142 g/mol. The van der Waals surface area contributed by atoms with Crippen molar-refractivity contribution in [2.75, 3.05) is 0 Å². The molecule has 2 atom stereocenters. The predicted molar refractivity (Wildman–Crippen MR) is 38.1 cm³/mol. The summed E-state index contributed by atoms with van der Waals surface area (Å²) < 4.78 is 12.4. The Hall–Kier alpha value is -0.630. The van der Waals surface area contributed by atoms with Crippen LogP contribution in [0.15, 0.2) is 24.1 Å². The van der Waals surface area contributed by atoms with E-state index in [4.69, 9.17) is 0 Å². The Labute approximate surface area is 59.9 Å².